The maximum atomic E-state index is 10.6. The van der Waals surface area contributed by atoms with Crippen LogP contribution in [0.15, 0.2) is 206 Å². The van der Waals surface area contributed by atoms with Gasteiger partial charge in [0.25, 0.3) is 0 Å². The first-order valence-electron chi connectivity index (χ1n) is 22.6. The molecule has 0 unspecified atom stereocenters. The van der Waals surface area contributed by atoms with Crippen molar-refractivity contribution in [1.82, 2.24) is 19.1 Å². The molecule has 3 heterocycles. The number of hydrogen-bond donors (Lipinski definition) is 0. The Morgan fingerprint density at radius 3 is 1.47 bits per heavy atom. The molecule has 0 atom stereocenters. The average Bonchev–Trinajstić information content (AvgIpc) is 3.95. The summed E-state index contributed by atoms with van der Waals surface area (Å²) in [4.78, 5) is 21.2. The maximum absolute atomic E-state index is 10.6. The van der Waals surface area contributed by atoms with Crippen LogP contribution in [-0.2, 0) is 0 Å². The monoisotopic (exact) mass is 890 g/mol. The number of nitrogens with zero attached hydrogens (tertiary/aromatic N) is 8. The molecule has 0 radical (unpaired) electrons. The molecular formula is C62H34N8. The van der Waals surface area contributed by atoms with E-state index in [4.69, 9.17) is 29.7 Å². The van der Waals surface area contributed by atoms with E-state index in [-0.39, 0.29) is 0 Å². The minimum atomic E-state index is 0.375. The van der Waals surface area contributed by atoms with Gasteiger partial charge in [-0.25, -0.2) is 24.5 Å². The van der Waals surface area contributed by atoms with Gasteiger partial charge in [-0.15, -0.1) is 0 Å². The van der Waals surface area contributed by atoms with Gasteiger partial charge in [-0.05, 0) is 89.0 Å². The fourth-order valence-electron chi connectivity index (χ4n) is 9.83. The molecule has 0 bridgehead atoms. The van der Waals surface area contributed by atoms with Gasteiger partial charge in [-0.1, -0.05) is 140 Å². The molecule has 8 heteroatoms. The normalized spacial score (nSPS) is 11.1. The molecule has 322 valence electrons. The Hall–Kier alpha value is -10.4. The average molecular weight is 891 g/mol. The molecule has 0 saturated heterocycles. The van der Waals surface area contributed by atoms with Gasteiger partial charge in [0.15, 0.2) is 17.1 Å². The van der Waals surface area contributed by atoms with E-state index in [1.165, 1.54) is 10.8 Å². The molecule has 9 aromatic carbocycles. The molecule has 0 aliphatic heterocycles. The van der Waals surface area contributed by atoms with Crippen LogP contribution in [0.5, 0.6) is 0 Å². The number of para-hydroxylation sites is 5. The summed E-state index contributed by atoms with van der Waals surface area (Å²) in [5.74, 6) is 0.375. The van der Waals surface area contributed by atoms with E-state index in [0.717, 1.165) is 60.9 Å². The molecule has 0 fully saturated rings. The highest BCUT2D eigenvalue weighted by Gasteiger charge is 2.20. The Morgan fingerprint density at radius 2 is 0.843 bits per heavy atom. The van der Waals surface area contributed by atoms with Crippen LogP contribution in [-0.4, -0.2) is 19.1 Å². The van der Waals surface area contributed by atoms with E-state index in [9.17, 15) is 5.26 Å². The predicted molar refractivity (Wildman–Crippen MR) is 281 cm³/mol. The van der Waals surface area contributed by atoms with Gasteiger partial charge in [0.1, 0.15) is 5.82 Å². The van der Waals surface area contributed by atoms with Gasteiger partial charge in [-0.2, -0.15) is 5.26 Å². The molecule has 12 aromatic rings. The summed E-state index contributed by atoms with van der Waals surface area (Å²) in [5.41, 5.74) is 14.5. The van der Waals surface area contributed by atoms with E-state index in [1.807, 2.05) is 84.9 Å². The first-order chi connectivity index (χ1) is 34.5. The van der Waals surface area contributed by atoms with Crippen LogP contribution in [0.25, 0.3) is 126 Å². The molecule has 8 nitrogen and oxygen atoms in total. The first-order valence-corrected chi connectivity index (χ1v) is 22.6. The zero-order chi connectivity index (χ0) is 47.3. The lowest BCUT2D eigenvalue weighted by molar-refractivity contribution is 1.17. The third kappa shape index (κ3) is 6.73. The molecule has 0 amide bonds. The number of hydrogen-bond acceptors (Lipinski definition) is 3. The summed E-state index contributed by atoms with van der Waals surface area (Å²) in [5, 5.41) is 15.3. The Bertz CT molecular complexity index is 4150. The molecule has 3 aromatic heterocycles. The molecule has 70 heavy (non-hydrogen) atoms. The maximum Gasteiger partial charge on any atom is 0.198 e. The second-order valence-corrected chi connectivity index (χ2v) is 16.9. The molecule has 0 saturated carbocycles. The standard InChI is InChI=1S/C62H34N8/c1-64-53-19-9-4-17-48(53)57-37-55(67-62(68-57)49-18-5-10-20-54(49)65-2)41-26-24-39(25-27-41)50-36-56(66-3)51(34-42(50)38-63)40-28-30-43(31-29-40)69-60-23-13-8-16-47(60)52-35-44(32-33-61(52)69)70-58-21-11-6-14-45(58)46-15-7-12-22-59(46)70/h4-37H. The van der Waals surface area contributed by atoms with Crippen molar-refractivity contribution in [2.45, 2.75) is 0 Å². The number of nitriles is 1. The van der Waals surface area contributed by atoms with Crippen LogP contribution < -0.4 is 0 Å². The third-order valence-corrected chi connectivity index (χ3v) is 13.1. The summed E-state index contributed by atoms with van der Waals surface area (Å²) in [6.45, 7) is 23.9. The van der Waals surface area contributed by atoms with Gasteiger partial charge in [0.2, 0.25) is 0 Å². The molecule has 12 rings (SSSR count). The lowest BCUT2D eigenvalue weighted by Gasteiger charge is -2.14. The van der Waals surface area contributed by atoms with E-state index in [0.29, 0.717) is 62.1 Å². The van der Waals surface area contributed by atoms with Crippen LogP contribution in [0, 0.1) is 31.0 Å². The highest BCUT2D eigenvalue weighted by Crippen LogP contribution is 2.41. The molecule has 0 aliphatic carbocycles. The van der Waals surface area contributed by atoms with Crippen LogP contribution in [0.4, 0.5) is 17.1 Å². The quantitative estimate of drug-likeness (QED) is 0.150. The Labute approximate surface area is 402 Å². The summed E-state index contributed by atoms with van der Waals surface area (Å²) in [6, 6.07) is 70.6. The van der Waals surface area contributed by atoms with E-state index < -0.39 is 0 Å². The Kier molecular flexibility index (Phi) is 9.86. The number of benzene rings is 9. The fourth-order valence-corrected chi connectivity index (χ4v) is 9.83. The van der Waals surface area contributed by atoms with Gasteiger partial charge in [-0.3, -0.25) is 0 Å². The number of fused-ring (bicyclic) bond motifs is 6. The molecule has 0 spiro atoms. The minimum absolute atomic E-state index is 0.375. The second-order valence-electron chi connectivity index (χ2n) is 16.9. The van der Waals surface area contributed by atoms with Crippen molar-refractivity contribution in [3.05, 3.63) is 246 Å². The van der Waals surface area contributed by atoms with E-state index in [2.05, 4.69) is 133 Å². The molecular weight excluding hydrogens is 857 g/mol. The van der Waals surface area contributed by atoms with Gasteiger partial charge in [0, 0.05) is 49.6 Å². The van der Waals surface area contributed by atoms with E-state index >= 15 is 0 Å². The van der Waals surface area contributed by atoms with Crippen molar-refractivity contribution >= 4 is 60.7 Å². The van der Waals surface area contributed by atoms with Crippen molar-refractivity contribution in [2.24, 2.45) is 0 Å². The van der Waals surface area contributed by atoms with Crippen molar-refractivity contribution in [2.75, 3.05) is 0 Å². The van der Waals surface area contributed by atoms with Crippen LogP contribution >= 0.6 is 0 Å². The van der Waals surface area contributed by atoms with Gasteiger partial charge >= 0.3 is 0 Å². The van der Waals surface area contributed by atoms with Gasteiger partial charge in [0.05, 0.1) is 64.8 Å². The van der Waals surface area contributed by atoms with Crippen molar-refractivity contribution in [3.8, 4) is 73.6 Å². The topological polar surface area (TPSA) is 72.5 Å². The van der Waals surface area contributed by atoms with Crippen molar-refractivity contribution in [3.63, 3.8) is 0 Å². The predicted octanol–water partition coefficient (Wildman–Crippen LogP) is 16.5. The van der Waals surface area contributed by atoms with Crippen LogP contribution in [0.1, 0.15) is 5.56 Å². The highest BCUT2D eigenvalue weighted by atomic mass is 15.0. The van der Waals surface area contributed by atoms with E-state index in [1.54, 1.807) is 18.2 Å². The molecule has 0 aliphatic rings. The number of rotatable bonds is 7. The minimum Gasteiger partial charge on any atom is -0.309 e. The number of aromatic nitrogens is 4. The highest BCUT2D eigenvalue weighted by molar-refractivity contribution is 6.12. The third-order valence-electron chi connectivity index (χ3n) is 13.1. The fraction of sp³-hybridized carbons (Fsp3) is 0. The zero-order valence-electron chi connectivity index (χ0n) is 37.2. The van der Waals surface area contributed by atoms with Crippen molar-refractivity contribution < 1.29 is 0 Å². The second kappa shape index (κ2) is 16.8. The summed E-state index contributed by atoms with van der Waals surface area (Å²) < 4.78 is 4.63. The van der Waals surface area contributed by atoms with Crippen LogP contribution in [0.3, 0.4) is 0 Å². The SMILES string of the molecule is [C-]#[N+]c1cc(-c2ccc(-c3cc(-c4ccccc4[N+]#[C-])nc(-c4ccccc4[N+]#[C-])n3)cc2)c(C#N)cc1-c1ccc(-n2c3ccccc3c3cc(-n4c5ccccc5c5ccccc54)ccc32)cc1. The zero-order valence-corrected chi connectivity index (χ0v) is 37.2. The Balaban J connectivity index is 0.894. The smallest absolute Gasteiger partial charge is 0.198 e. The summed E-state index contributed by atoms with van der Waals surface area (Å²) in [7, 11) is 0. The molecule has 0 N–H and O–H groups in total. The lowest BCUT2D eigenvalue weighted by atomic mass is 9.93. The van der Waals surface area contributed by atoms with Crippen molar-refractivity contribution in [1.29, 1.82) is 5.26 Å². The largest absolute Gasteiger partial charge is 0.309 e. The summed E-state index contributed by atoms with van der Waals surface area (Å²) in [6.07, 6.45) is 0. The van der Waals surface area contributed by atoms with Crippen LogP contribution in [0.2, 0.25) is 0 Å². The summed E-state index contributed by atoms with van der Waals surface area (Å²) >= 11 is 0. The van der Waals surface area contributed by atoms with Gasteiger partial charge < -0.3 is 9.13 Å². The lowest BCUT2D eigenvalue weighted by Crippen LogP contribution is -1.96. The Morgan fingerprint density at radius 1 is 0.371 bits per heavy atom. The first kappa shape index (κ1) is 41.1.